The Morgan fingerprint density at radius 2 is 1.94 bits per heavy atom. The number of hydrogen-bond acceptors (Lipinski definition) is 3. The van der Waals surface area contributed by atoms with Crippen molar-refractivity contribution in [3.05, 3.63) is 29.8 Å². The van der Waals surface area contributed by atoms with E-state index in [1.807, 2.05) is 11.8 Å². The molecule has 0 saturated heterocycles. The standard InChI is InChI=1S/C14H22N2S/c1-15(2)8-9-16(3)10-12-11-17-14-7-5-4-6-13(12)14/h4-7,12H,8-11H2,1-3H3. The maximum absolute atomic E-state index is 2.45. The highest BCUT2D eigenvalue weighted by Gasteiger charge is 2.23. The van der Waals surface area contributed by atoms with Gasteiger partial charge in [0.1, 0.15) is 0 Å². The predicted molar refractivity (Wildman–Crippen MR) is 76.0 cm³/mol. The highest BCUT2D eigenvalue weighted by Crippen LogP contribution is 2.39. The third-order valence-corrected chi connectivity index (χ3v) is 4.51. The number of nitrogens with zero attached hydrogens (tertiary/aromatic N) is 2. The molecule has 2 rings (SSSR count). The second-order valence-corrected chi connectivity index (χ2v) is 6.17. The predicted octanol–water partition coefficient (Wildman–Crippen LogP) is 2.37. The number of benzene rings is 1. The van der Waals surface area contributed by atoms with Crippen molar-refractivity contribution in [1.29, 1.82) is 0 Å². The van der Waals surface area contributed by atoms with Crippen molar-refractivity contribution >= 4 is 11.8 Å². The summed E-state index contributed by atoms with van der Waals surface area (Å²) in [6, 6.07) is 8.85. The first kappa shape index (κ1) is 12.9. The van der Waals surface area contributed by atoms with Gasteiger partial charge >= 0.3 is 0 Å². The molecule has 1 atom stereocenters. The van der Waals surface area contributed by atoms with E-state index in [-0.39, 0.29) is 0 Å². The van der Waals surface area contributed by atoms with E-state index in [1.165, 1.54) is 17.2 Å². The molecule has 0 amide bonds. The molecule has 17 heavy (non-hydrogen) atoms. The fourth-order valence-corrected chi connectivity index (χ4v) is 3.46. The van der Waals surface area contributed by atoms with E-state index in [2.05, 4.69) is 55.2 Å². The van der Waals surface area contributed by atoms with Gasteiger partial charge in [0.2, 0.25) is 0 Å². The Balaban J connectivity index is 1.88. The summed E-state index contributed by atoms with van der Waals surface area (Å²) in [6.07, 6.45) is 0. The molecule has 1 unspecified atom stereocenters. The number of hydrogen-bond donors (Lipinski definition) is 0. The Labute approximate surface area is 109 Å². The largest absolute Gasteiger partial charge is 0.308 e. The van der Waals surface area contributed by atoms with E-state index < -0.39 is 0 Å². The highest BCUT2D eigenvalue weighted by molar-refractivity contribution is 7.99. The van der Waals surface area contributed by atoms with E-state index in [0.29, 0.717) is 5.92 Å². The van der Waals surface area contributed by atoms with Crippen LogP contribution in [0.3, 0.4) is 0 Å². The van der Waals surface area contributed by atoms with Crippen molar-refractivity contribution in [3.8, 4) is 0 Å². The molecule has 1 aliphatic rings. The lowest BCUT2D eigenvalue weighted by atomic mass is 10.0. The monoisotopic (exact) mass is 250 g/mol. The first-order chi connectivity index (χ1) is 8.16. The summed E-state index contributed by atoms with van der Waals surface area (Å²) in [7, 11) is 6.50. The second kappa shape index (κ2) is 5.89. The topological polar surface area (TPSA) is 6.48 Å². The average molecular weight is 250 g/mol. The summed E-state index contributed by atoms with van der Waals surface area (Å²) < 4.78 is 0. The number of likely N-dealkylation sites (N-methyl/N-ethyl adjacent to an activating group) is 2. The quantitative estimate of drug-likeness (QED) is 0.792. The van der Waals surface area contributed by atoms with Gasteiger partial charge < -0.3 is 9.80 Å². The van der Waals surface area contributed by atoms with Gasteiger partial charge in [-0.15, -0.1) is 11.8 Å². The minimum Gasteiger partial charge on any atom is -0.308 e. The Bertz CT molecular complexity index is 365. The van der Waals surface area contributed by atoms with Crippen LogP contribution in [0.4, 0.5) is 0 Å². The Kier molecular flexibility index (Phi) is 4.48. The van der Waals surface area contributed by atoms with Gasteiger partial charge in [-0.05, 0) is 32.8 Å². The number of rotatable bonds is 5. The molecule has 0 aliphatic carbocycles. The van der Waals surface area contributed by atoms with Gasteiger partial charge in [0, 0.05) is 36.2 Å². The van der Waals surface area contributed by atoms with E-state index >= 15 is 0 Å². The number of fused-ring (bicyclic) bond motifs is 1. The minimum atomic E-state index is 0.711. The lowest BCUT2D eigenvalue weighted by Gasteiger charge is -2.22. The average Bonchev–Trinajstić information content (AvgIpc) is 2.70. The molecule has 2 nitrogen and oxygen atoms in total. The van der Waals surface area contributed by atoms with Crippen molar-refractivity contribution in [2.24, 2.45) is 0 Å². The molecule has 1 aromatic rings. The van der Waals surface area contributed by atoms with E-state index in [9.17, 15) is 0 Å². The highest BCUT2D eigenvalue weighted by atomic mass is 32.2. The van der Waals surface area contributed by atoms with Crippen LogP contribution < -0.4 is 0 Å². The molecule has 1 heterocycles. The third kappa shape index (κ3) is 3.47. The zero-order valence-electron chi connectivity index (χ0n) is 11.0. The van der Waals surface area contributed by atoms with Crippen LogP contribution in [0.2, 0.25) is 0 Å². The van der Waals surface area contributed by atoms with Crippen molar-refractivity contribution in [3.63, 3.8) is 0 Å². The Morgan fingerprint density at radius 3 is 2.71 bits per heavy atom. The summed E-state index contributed by atoms with van der Waals surface area (Å²) in [5.74, 6) is 1.95. The van der Waals surface area contributed by atoms with Gasteiger partial charge in [-0.1, -0.05) is 18.2 Å². The summed E-state index contributed by atoms with van der Waals surface area (Å²) in [4.78, 5) is 6.18. The van der Waals surface area contributed by atoms with E-state index in [0.717, 1.165) is 13.1 Å². The second-order valence-electron chi connectivity index (χ2n) is 5.11. The van der Waals surface area contributed by atoms with Crippen LogP contribution in [-0.4, -0.2) is 56.3 Å². The fourth-order valence-electron chi connectivity index (χ4n) is 2.22. The molecule has 1 aromatic carbocycles. The molecule has 94 valence electrons. The maximum atomic E-state index is 2.45. The molecule has 1 aliphatic heterocycles. The van der Waals surface area contributed by atoms with Crippen LogP contribution >= 0.6 is 11.8 Å². The summed E-state index contributed by atoms with van der Waals surface area (Å²) in [5, 5.41) is 0. The van der Waals surface area contributed by atoms with Crippen molar-refractivity contribution in [2.45, 2.75) is 10.8 Å². The molecule has 3 heteroatoms. The van der Waals surface area contributed by atoms with Crippen LogP contribution in [0.5, 0.6) is 0 Å². The molecular formula is C14H22N2S. The lowest BCUT2D eigenvalue weighted by Crippen LogP contribution is -2.31. The van der Waals surface area contributed by atoms with Crippen molar-refractivity contribution in [1.82, 2.24) is 9.80 Å². The van der Waals surface area contributed by atoms with Gasteiger partial charge in [0.25, 0.3) is 0 Å². The molecule has 0 saturated carbocycles. The normalized spacial score (nSPS) is 19.0. The van der Waals surface area contributed by atoms with Crippen molar-refractivity contribution in [2.75, 3.05) is 46.5 Å². The summed E-state index contributed by atoms with van der Waals surface area (Å²) in [6.45, 7) is 3.46. The van der Waals surface area contributed by atoms with Crippen molar-refractivity contribution < 1.29 is 0 Å². The van der Waals surface area contributed by atoms with Crippen LogP contribution in [0.1, 0.15) is 11.5 Å². The molecule has 0 bridgehead atoms. The third-order valence-electron chi connectivity index (χ3n) is 3.26. The first-order valence-corrected chi connectivity index (χ1v) is 7.20. The Morgan fingerprint density at radius 1 is 1.18 bits per heavy atom. The molecule has 0 N–H and O–H groups in total. The van der Waals surface area contributed by atoms with Gasteiger partial charge in [-0.2, -0.15) is 0 Å². The zero-order valence-corrected chi connectivity index (χ0v) is 11.8. The van der Waals surface area contributed by atoms with Gasteiger partial charge in [0.05, 0.1) is 0 Å². The minimum absolute atomic E-state index is 0.711. The van der Waals surface area contributed by atoms with Crippen LogP contribution in [0.15, 0.2) is 29.2 Å². The van der Waals surface area contributed by atoms with E-state index in [4.69, 9.17) is 0 Å². The molecule has 0 radical (unpaired) electrons. The van der Waals surface area contributed by atoms with Gasteiger partial charge in [0.15, 0.2) is 0 Å². The SMILES string of the molecule is CN(C)CCN(C)CC1CSc2ccccc21. The molecular weight excluding hydrogens is 228 g/mol. The summed E-state index contributed by atoms with van der Waals surface area (Å²) in [5.41, 5.74) is 1.55. The fraction of sp³-hybridized carbons (Fsp3) is 0.571. The van der Waals surface area contributed by atoms with Crippen LogP contribution in [0, 0.1) is 0 Å². The summed E-state index contributed by atoms with van der Waals surface area (Å²) >= 11 is 2.01. The van der Waals surface area contributed by atoms with Gasteiger partial charge in [-0.25, -0.2) is 0 Å². The smallest absolute Gasteiger partial charge is 0.0108 e. The van der Waals surface area contributed by atoms with Gasteiger partial charge in [-0.3, -0.25) is 0 Å². The molecule has 0 aromatic heterocycles. The first-order valence-electron chi connectivity index (χ1n) is 6.22. The molecule has 0 spiro atoms. The van der Waals surface area contributed by atoms with Crippen LogP contribution in [-0.2, 0) is 0 Å². The zero-order chi connectivity index (χ0) is 12.3. The maximum Gasteiger partial charge on any atom is 0.0108 e. The number of thioether (sulfide) groups is 1. The van der Waals surface area contributed by atoms with E-state index in [1.54, 1.807) is 5.56 Å². The Hall–Kier alpha value is -0.510. The van der Waals surface area contributed by atoms with Crippen LogP contribution in [0.25, 0.3) is 0 Å². The lowest BCUT2D eigenvalue weighted by molar-refractivity contribution is 0.273. The molecule has 0 fully saturated rings.